The van der Waals surface area contributed by atoms with Crippen molar-refractivity contribution in [2.24, 2.45) is 0 Å². The molecule has 0 aromatic heterocycles. The molecule has 2 amide bonds. The number of piperazine rings is 1. The number of amides is 2. The van der Waals surface area contributed by atoms with Crippen LogP contribution >= 0.6 is 0 Å². The lowest BCUT2D eigenvalue weighted by atomic mass is 10.3. The maximum absolute atomic E-state index is 11.5. The minimum Gasteiger partial charge on any atom is -0.371 e. The van der Waals surface area contributed by atoms with E-state index in [1.165, 1.54) is 6.92 Å². The first-order valence-corrected chi connectivity index (χ1v) is 4.81. The summed E-state index contributed by atoms with van der Waals surface area (Å²) < 4.78 is 5.06. The van der Waals surface area contributed by atoms with Crippen LogP contribution in [0.1, 0.15) is 6.92 Å². The highest BCUT2D eigenvalue weighted by atomic mass is 16.6. The van der Waals surface area contributed by atoms with Crippen LogP contribution in [0.5, 0.6) is 0 Å². The van der Waals surface area contributed by atoms with Gasteiger partial charge in [0.15, 0.2) is 0 Å². The lowest BCUT2D eigenvalue weighted by molar-refractivity contribution is -0.144. The second kappa shape index (κ2) is 3.57. The summed E-state index contributed by atoms with van der Waals surface area (Å²) >= 11 is 0. The molecule has 2 aliphatic heterocycles. The number of carbonyl (C=O) groups excluding carboxylic acids is 2. The van der Waals surface area contributed by atoms with Gasteiger partial charge in [-0.25, -0.2) is 0 Å². The second-order valence-corrected chi connectivity index (χ2v) is 3.74. The number of hydrogen-bond donors (Lipinski definition) is 0. The van der Waals surface area contributed by atoms with Gasteiger partial charge < -0.3 is 14.5 Å². The van der Waals surface area contributed by atoms with Crippen LogP contribution in [-0.2, 0) is 14.3 Å². The van der Waals surface area contributed by atoms with Crippen LogP contribution in [0.25, 0.3) is 0 Å². The quantitative estimate of drug-likeness (QED) is 0.539. The van der Waals surface area contributed by atoms with Gasteiger partial charge in [0.25, 0.3) is 0 Å². The van der Waals surface area contributed by atoms with Crippen molar-refractivity contribution in [3.8, 4) is 0 Å². The van der Waals surface area contributed by atoms with Crippen LogP contribution < -0.4 is 0 Å². The predicted molar refractivity (Wildman–Crippen MR) is 48.6 cm³/mol. The highest BCUT2D eigenvalue weighted by Crippen LogP contribution is 2.13. The first kappa shape index (κ1) is 9.45. The Balaban J connectivity index is 1.86. The van der Waals surface area contributed by atoms with Crippen LogP contribution in [0.3, 0.4) is 0 Å². The smallest absolute Gasteiger partial charge is 0.242 e. The fourth-order valence-corrected chi connectivity index (χ4v) is 1.59. The number of ether oxygens (including phenoxy) is 1. The zero-order valence-corrected chi connectivity index (χ0v) is 8.23. The average molecular weight is 198 g/mol. The molecule has 0 aromatic carbocycles. The van der Waals surface area contributed by atoms with Gasteiger partial charge in [-0.15, -0.1) is 0 Å². The zero-order valence-electron chi connectivity index (χ0n) is 8.23. The fraction of sp³-hybridized carbons (Fsp3) is 0.778. The van der Waals surface area contributed by atoms with Crippen molar-refractivity contribution in [2.75, 3.05) is 32.8 Å². The largest absolute Gasteiger partial charge is 0.371 e. The Morgan fingerprint density at radius 1 is 1.57 bits per heavy atom. The molecule has 0 N–H and O–H groups in total. The highest BCUT2D eigenvalue weighted by Gasteiger charge is 2.31. The standard InChI is InChI=1S/C9H14N2O3/c1-7(12)10-2-3-11(9(13)5-10)4-8-6-14-8/h8H,2-6H2,1H3/t8-/m0/s1. The van der Waals surface area contributed by atoms with E-state index in [-0.39, 0.29) is 24.5 Å². The maximum atomic E-state index is 11.5. The Morgan fingerprint density at radius 3 is 2.79 bits per heavy atom. The first-order chi connectivity index (χ1) is 6.66. The number of nitrogens with zero attached hydrogens (tertiary/aromatic N) is 2. The third-order valence-electron chi connectivity index (χ3n) is 2.59. The summed E-state index contributed by atoms with van der Waals surface area (Å²) in [6, 6.07) is 0. The molecule has 2 heterocycles. The van der Waals surface area contributed by atoms with Gasteiger partial charge in [0.05, 0.1) is 19.3 Å². The molecule has 0 radical (unpaired) electrons. The molecule has 0 bridgehead atoms. The van der Waals surface area contributed by atoms with Crippen molar-refractivity contribution in [3.05, 3.63) is 0 Å². The zero-order chi connectivity index (χ0) is 10.1. The van der Waals surface area contributed by atoms with Gasteiger partial charge >= 0.3 is 0 Å². The molecule has 0 saturated carbocycles. The van der Waals surface area contributed by atoms with Gasteiger partial charge in [0.2, 0.25) is 11.8 Å². The molecule has 0 unspecified atom stereocenters. The van der Waals surface area contributed by atoms with E-state index in [1.54, 1.807) is 9.80 Å². The minimum absolute atomic E-state index is 0.0272. The molecule has 78 valence electrons. The van der Waals surface area contributed by atoms with E-state index in [1.807, 2.05) is 0 Å². The maximum Gasteiger partial charge on any atom is 0.242 e. The highest BCUT2D eigenvalue weighted by molar-refractivity contribution is 5.85. The Bertz CT molecular complexity index is 263. The summed E-state index contributed by atoms with van der Waals surface area (Å²) in [5.74, 6) is 0.00243. The summed E-state index contributed by atoms with van der Waals surface area (Å²) in [6.07, 6.45) is 0.239. The summed E-state index contributed by atoms with van der Waals surface area (Å²) in [5, 5.41) is 0. The number of rotatable bonds is 2. The molecule has 5 heteroatoms. The fourth-order valence-electron chi connectivity index (χ4n) is 1.59. The van der Waals surface area contributed by atoms with Crippen molar-refractivity contribution in [1.82, 2.24) is 9.80 Å². The molecule has 5 nitrogen and oxygen atoms in total. The van der Waals surface area contributed by atoms with Crippen molar-refractivity contribution in [2.45, 2.75) is 13.0 Å². The SMILES string of the molecule is CC(=O)N1CCN(C[C@H]2CO2)C(=O)C1. The normalized spacial score (nSPS) is 26.6. The van der Waals surface area contributed by atoms with Crippen molar-refractivity contribution >= 4 is 11.8 Å². The van der Waals surface area contributed by atoms with Gasteiger partial charge in [0.1, 0.15) is 0 Å². The molecule has 0 aliphatic carbocycles. The summed E-state index contributed by atoms with van der Waals surface area (Å²) in [5.41, 5.74) is 0. The second-order valence-electron chi connectivity index (χ2n) is 3.74. The van der Waals surface area contributed by atoms with Crippen LogP contribution in [0, 0.1) is 0 Å². The summed E-state index contributed by atoms with van der Waals surface area (Å²) in [4.78, 5) is 25.9. The molecule has 2 aliphatic rings. The van der Waals surface area contributed by atoms with Gasteiger partial charge in [-0.1, -0.05) is 0 Å². The Morgan fingerprint density at radius 2 is 2.29 bits per heavy atom. The van der Waals surface area contributed by atoms with Crippen molar-refractivity contribution < 1.29 is 14.3 Å². The molecular formula is C9H14N2O3. The van der Waals surface area contributed by atoms with E-state index < -0.39 is 0 Å². The minimum atomic E-state index is -0.0272. The third kappa shape index (κ3) is 2.04. The molecular weight excluding hydrogens is 184 g/mol. The molecule has 2 fully saturated rings. The van der Waals surface area contributed by atoms with E-state index in [0.717, 1.165) is 6.61 Å². The van der Waals surface area contributed by atoms with Gasteiger partial charge in [-0.05, 0) is 0 Å². The third-order valence-corrected chi connectivity index (χ3v) is 2.59. The van der Waals surface area contributed by atoms with Crippen molar-refractivity contribution in [1.29, 1.82) is 0 Å². The summed E-state index contributed by atoms with van der Waals surface area (Å²) in [7, 11) is 0. The van der Waals surface area contributed by atoms with E-state index in [2.05, 4.69) is 0 Å². The van der Waals surface area contributed by atoms with Gasteiger partial charge in [0, 0.05) is 26.6 Å². The van der Waals surface area contributed by atoms with Crippen LogP contribution in [0.2, 0.25) is 0 Å². The molecule has 0 aromatic rings. The summed E-state index contributed by atoms with van der Waals surface area (Å²) in [6.45, 7) is 4.45. The van der Waals surface area contributed by atoms with Crippen LogP contribution in [0.4, 0.5) is 0 Å². The van der Waals surface area contributed by atoms with Gasteiger partial charge in [-0.2, -0.15) is 0 Å². The lowest BCUT2D eigenvalue weighted by Gasteiger charge is -2.33. The van der Waals surface area contributed by atoms with Crippen molar-refractivity contribution in [3.63, 3.8) is 0 Å². The monoisotopic (exact) mass is 198 g/mol. The Labute approximate surface area is 82.6 Å². The number of carbonyl (C=O) groups is 2. The molecule has 2 rings (SSSR count). The number of epoxide rings is 1. The van der Waals surface area contributed by atoms with E-state index in [4.69, 9.17) is 4.74 Å². The van der Waals surface area contributed by atoms with E-state index >= 15 is 0 Å². The van der Waals surface area contributed by atoms with E-state index in [0.29, 0.717) is 19.6 Å². The van der Waals surface area contributed by atoms with Crippen LogP contribution in [0.15, 0.2) is 0 Å². The topological polar surface area (TPSA) is 53.2 Å². The van der Waals surface area contributed by atoms with E-state index in [9.17, 15) is 9.59 Å². The molecule has 0 spiro atoms. The average Bonchev–Trinajstić information content (AvgIpc) is 2.92. The lowest BCUT2D eigenvalue weighted by Crippen LogP contribution is -2.52. The number of hydrogen-bond acceptors (Lipinski definition) is 3. The Kier molecular flexibility index (Phi) is 2.41. The predicted octanol–water partition coefficient (Wildman–Crippen LogP) is -0.924. The van der Waals surface area contributed by atoms with Crippen LogP contribution in [-0.4, -0.2) is 60.5 Å². The molecule has 2 saturated heterocycles. The molecule has 14 heavy (non-hydrogen) atoms. The van der Waals surface area contributed by atoms with Gasteiger partial charge in [-0.3, -0.25) is 9.59 Å². The Hall–Kier alpha value is -1.10. The first-order valence-electron chi connectivity index (χ1n) is 4.81. The molecule has 1 atom stereocenters.